The molecule has 112 valence electrons. The summed E-state index contributed by atoms with van der Waals surface area (Å²) in [5, 5.41) is 11.7. The Bertz CT molecular complexity index is 675. The van der Waals surface area contributed by atoms with Gasteiger partial charge < -0.3 is 19.4 Å². The fourth-order valence-corrected chi connectivity index (χ4v) is 2.65. The maximum Gasteiger partial charge on any atom is 1.00 e. The minimum atomic E-state index is -1.17. The van der Waals surface area contributed by atoms with Crippen molar-refractivity contribution in [1.29, 1.82) is 0 Å². The molecule has 5 heteroatoms. The third kappa shape index (κ3) is 4.46. The second-order valence-corrected chi connectivity index (χ2v) is 5.48. The Morgan fingerprint density at radius 1 is 1.32 bits per heavy atom. The van der Waals surface area contributed by atoms with E-state index in [9.17, 15) is 9.90 Å². The third-order valence-electron chi connectivity index (χ3n) is 3.65. The number of carboxylic acid groups (broad SMARTS) is 1. The van der Waals surface area contributed by atoms with E-state index in [0.29, 0.717) is 0 Å². The van der Waals surface area contributed by atoms with Crippen LogP contribution >= 0.6 is 0 Å². The van der Waals surface area contributed by atoms with Gasteiger partial charge in [0.25, 0.3) is 0 Å². The van der Waals surface area contributed by atoms with Gasteiger partial charge in [0, 0.05) is 28.7 Å². The van der Waals surface area contributed by atoms with Crippen LogP contribution in [0.3, 0.4) is 0 Å². The van der Waals surface area contributed by atoms with Gasteiger partial charge in [-0.15, -0.1) is 0 Å². The van der Waals surface area contributed by atoms with Gasteiger partial charge in [-0.05, 0) is 46.1 Å². The summed E-state index contributed by atoms with van der Waals surface area (Å²) in [6.45, 7) is 3.98. The summed E-state index contributed by atoms with van der Waals surface area (Å²) in [6.07, 6.45) is 3.78. The summed E-state index contributed by atoms with van der Waals surface area (Å²) in [6, 6.07) is 8.09. The van der Waals surface area contributed by atoms with Crippen LogP contribution in [-0.2, 0) is 11.3 Å². The SMILES string of the molecule is Cc1c(/C=C/C(=O)[O-])c2ccccc2n1CCCN(C)C.[Na+]. The Kier molecular flexibility index (Phi) is 7.36. The number of hydrogen-bond donors (Lipinski definition) is 0. The zero-order valence-electron chi connectivity index (χ0n) is 13.8. The van der Waals surface area contributed by atoms with Crippen molar-refractivity contribution in [2.75, 3.05) is 20.6 Å². The van der Waals surface area contributed by atoms with Crippen molar-refractivity contribution in [3.05, 3.63) is 41.6 Å². The van der Waals surface area contributed by atoms with Gasteiger partial charge >= 0.3 is 29.6 Å². The summed E-state index contributed by atoms with van der Waals surface area (Å²) >= 11 is 0. The van der Waals surface area contributed by atoms with Crippen molar-refractivity contribution in [1.82, 2.24) is 9.47 Å². The van der Waals surface area contributed by atoms with E-state index in [4.69, 9.17) is 0 Å². The van der Waals surface area contributed by atoms with Gasteiger partial charge in [0.2, 0.25) is 0 Å². The predicted octanol–water partition coefficient (Wildman–Crippen LogP) is -1.33. The zero-order valence-corrected chi connectivity index (χ0v) is 15.8. The molecule has 0 unspecified atom stereocenters. The van der Waals surface area contributed by atoms with E-state index in [1.165, 1.54) is 0 Å². The largest absolute Gasteiger partial charge is 1.00 e. The van der Waals surface area contributed by atoms with Crippen molar-refractivity contribution in [2.24, 2.45) is 0 Å². The van der Waals surface area contributed by atoms with Crippen molar-refractivity contribution in [3.8, 4) is 0 Å². The van der Waals surface area contributed by atoms with Crippen molar-refractivity contribution < 1.29 is 39.5 Å². The molecule has 1 aromatic heterocycles. The summed E-state index contributed by atoms with van der Waals surface area (Å²) in [4.78, 5) is 12.8. The molecule has 0 spiro atoms. The number of nitrogens with zero attached hydrogens (tertiary/aromatic N) is 2. The number of carboxylic acids is 1. The van der Waals surface area contributed by atoms with Gasteiger partial charge in [0.05, 0.1) is 5.97 Å². The molecule has 4 nitrogen and oxygen atoms in total. The Morgan fingerprint density at radius 3 is 2.64 bits per heavy atom. The van der Waals surface area contributed by atoms with E-state index < -0.39 is 5.97 Å². The molecule has 2 aromatic rings. The minimum Gasteiger partial charge on any atom is -0.545 e. The Balaban J connectivity index is 0.00000242. The van der Waals surface area contributed by atoms with Gasteiger partial charge in [-0.25, -0.2) is 0 Å². The van der Waals surface area contributed by atoms with Gasteiger partial charge in [-0.2, -0.15) is 0 Å². The third-order valence-corrected chi connectivity index (χ3v) is 3.65. The van der Waals surface area contributed by atoms with Crippen LogP contribution in [0.1, 0.15) is 17.7 Å². The van der Waals surface area contributed by atoms with E-state index >= 15 is 0 Å². The molecule has 0 saturated carbocycles. The molecule has 0 fully saturated rings. The molecule has 1 heterocycles. The first-order valence-corrected chi connectivity index (χ1v) is 7.12. The summed E-state index contributed by atoms with van der Waals surface area (Å²) in [5.41, 5.74) is 3.19. The van der Waals surface area contributed by atoms with E-state index in [1.54, 1.807) is 6.08 Å². The predicted molar refractivity (Wildman–Crippen MR) is 83.9 cm³/mol. The molecule has 0 aliphatic carbocycles. The maximum absolute atomic E-state index is 10.7. The molecule has 1 aromatic carbocycles. The summed E-state index contributed by atoms with van der Waals surface area (Å²) in [5.74, 6) is -1.17. The van der Waals surface area contributed by atoms with Crippen LogP contribution < -0.4 is 34.7 Å². The van der Waals surface area contributed by atoms with E-state index in [2.05, 4.69) is 29.6 Å². The molecule has 0 bridgehead atoms. The monoisotopic (exact) mass is 308 g/mol. The van der Waals surface area contributed by atoms with Crippen molar-refractivity contribution >= 4 is 22.9 Å². The molecule has 0 amide bonds. The quantitative estimate of drug-likeness (QED) is 0.491. The molecule has 0 saturated heterocycles. The van der Waals surface area contributed by atoms with Gasteiger partial charge in [0.1, 0.15) is 0 Å². The van der Waals surface area contributed by atoms with Gasteiger partial charge in [0.15, 0.2) is 0 Å². The van der Waals surface area contributed by atoms with Crippen LogP contribution in [0.5, 0.6) is 0 Å². The molecule has 2 rings (SSSR count). The first kappa shape index (κ1) is 19.0. The van der Waals surface area contributed by atoms with Gasteiger partial charge in [-0.1, -0.05) is 24.3 Å². The number of aryl methyl sites for hydroxylation is 1. The molecule has 0 radical (unpaired) electrons. The zero-order chi connectivity index (χ0) is 15.4. The number of fused-ring (bicyclic) bond motifs is 1. The van der Waals surface area contributed by atoms with Crippen LogP contribution in [-0.4, -0.2) is 36.1 Å². The fraction of sp³-hybridized carbons (Fsp3) is 0.353. The molecule has 0 atom stereocenters. The standard InChI is InChI=1S/C17H22N2O2.Na/c1-13-14(9-10-17(20)21)15-7-4-5-8-16(15)19(13)12-6-11-18(2)3;/h4-5,7-10H,6,11-12H2,1-3H3,(H,20,21);/q;+1/p-1/b10-9+;. The summed E-state index contributed by atoms with van der Waals surface area (Å²) < 4.78 is 2.26. The number of benzene rings is 1. The molecular weight excluding hydrogens is 287 g/mol. The van der Waals surface area contributed by atoms with Crippen LogP contribution in [0.15, 0.2) is 30.3 Å². The van der Waals surface area contributed by atoms with Crippen LogP contribution in [0.25, 0.3) is 17.0 Å². The molecular formula is C17H21N2NaO2. The normalized spacial score (nSPS) is 11.3. The number of carbonyl (C=O) groups excluding carboxylic acids is 1. The first-order chi connectivity index (χ1) is 10.0. The number of hydrogen-bond acceptors (Lipinski definition) is 3. The van der Waals surface area contributed by atoms with E-state index in [1.807, 2.05) is 25.1 Å². The Morgan fingerprint density at radius 2 is 2.00 bits per heavy atom. The number of rotatable bonds is 6. The second-order valence-electron chi connectivity index (χ2n) is 5.48. The number of para-hydroxylation sites is 1. The number of aliphatic carboxylic acids is 1. The maximum atomic E-state index is 10.7. The van der Waals surface area contributed by atoms with Crippen LogP contribution in [0, 0.1) is 6.92 Å². The van der Waals surface area contributed by atoms with E-state index in [-0.39, 0.29) is 29.6 Å². The van der Waals surface area contributed by atoms with Crippen molar-refractivity contribution in [3.63, 3.8) is 0 Å². The molecule has 0 aliphatic heterocycles. The van der Waals surface area contributed by atoms with E-state index in [0.717, 1.165) is 47.7 Å². The smallest absolute Gasteiger partial charge is 0.545 e. The van der Waals surface area contributed by atoms with Crippen LogP contribution in [0.2, 0.25) is 0 Å². The Labute approximate surface area is 153 Å². The molecule has 0 aliphatic rings. The second kappa shape index (κ2) is 8.53. The summed E-state index contributed by atoms with van der Waals surface area (Å²) in [7, 11) is 4.13. The number of carbonyl (C=O) groups is 1. The minimum absolute atomic E-state index is 0. The van der Waals surface area contributed by atoms with Crippen molar-refractivity contribution in [2.45, 2.75) is 19.9 Å². The van der Waals surface area contributed by atoms with Crippen LogP contribution in [0.4, 0.5) is 0 Å². The fourth-order valence-electron chi connectivity index (χ4n) is 2.65. The molecule has 0 N–H and O–H groups in total. The number of aromatic nitrogens is 1. The first-order valence-electron chi connectivity index (χ1n) is 7.12. The van der Waals surface area contributed by atoms with Gasteiger partial charge in [-0.3, -0.25) is 0 Å². The average molecular weight is 308 g/mol. The topological polar surface area (TPSA) is 48.3 Å². The average Bonchev–Trinajstić information content (AvgIpc) is 2.69. The molecule has 22 heavy (non-hydrogen) atoms. The Hall–Kier alpha value is -1.07.